The van der Waals surface area contributed by atoms with Gasteiger partial charge in [-0.3, -0.25) is 4.79 Å². The average Bonchev–Trinajstić information content (AvgIpc) is 1.89. The first-order valence-corrected chi connectivity index (χ1v) is 3.95. The van der Waals surface area contributed by atoms with Crippen molar-refractivity contribution in [1.82, 2.24) is 0 Å². The van der Waals surface area contributed by atoms with Gasteiger partial charge < -0.3 is 5.11 Å². The first kappa shape index (κ1) is 20.2. The molecule has 0 saturated heterocycles. The van der Waals surface area contributed by atoms with Gasteiger partial charge in [-0.2, -0.15) is 0 Å². The summed E-state index contributed by atoms with van der Waals surface area (Å²) in [4.78, 5) is 10.4. The van der Waals surface area contributed by atoms with Gasteiger partial charge in [0.25, 0.3) is 0 Å². The van der Waals surface area contributed by atoms with Gasteiger partial charge in [0.05, 0.1) is 5.92 Å². The van der Waals surface area contributed by atoms with Crippen LogP contribution in [0.2, 0.25) is 0 Å². The number of carboxylic acids is 1. The zero-order valence-corrected chi connectivity index (χ0v) is 6.76. The van der Waals surface area contributed by atoms with E-state index in [2.05, 4.69) is 6.92 Å². The second-order valence-electron chi connectivity index (χ2n) is 2.59. The van der Waals surface area contributed by atoms with E-state index in [9.17, 15) is 4.79 Å². The fourth-order valence-electron chi connectivity index (χ4n) is 0.953. The predicted octanol–water partition coefficient (Wildman–Crippen LogP) is 0.990. The van der Waals surface area contributed by atoms with Crippen LogP contribution in [0, 0.1) is 5.92 Å². The fourth-order valence-corrected chi connectivity index (χ4v) is 0.953. The molecular weight excluding hydrogens is 206 g/mol. The van der Waals surface area contributed by atoms with Crippen LogP contribution in [-0.4, -0.2) is 114 Å². The fraction of sp³-hybridized carbons (Fsp3) is 0.875. The van der Waals surface area contributed by atoms with Gasteiger partial charge in [0.2, 0.25) is 0 Å². The normalized spacial score (nSPS) is 10.8. The van der Waals surface area contributed by atoms with Gasteiger partial charge in [0.15, 0.2) is 0 Å². The summed E-state index contributed by atoms with van der Waals surface area (Å²) >= 11 is 0. The molecule has 0 amide bonds. The molecule has 4 heteroatoms. The van der Waals surface area contributed by atoms with Gasteiger partial charge in [0.1, 0.15) is 0 Å². The Morgan fingerprint density at radius 3 is 2.08 bits per heavy atom. The number of carbonyl (C=O) groups is 1. The summed E-state index contributed by atoms with van der Waals surface area (Å²) in [6, 6.07) is 0. The van der Waals surface area contributed by atoms with Crippen LogP contribution in [0.5, 0.6) is 0 Å². The van der Waals surface area contributed by atoms with Gasteiger partial charge in [-0.15, -0.1) is 0 Å². The summed E-state index contributed by atoms with van der Waals surface area (Å²) in [6.07, 6.45) is 3.71. The number of carboxylic acid groups (broad SMARTS) is 1. The molecule has 2 nitrogen and oxygen atoms in total. The number of hydrogen-bond acceptors (Lipinski definition) is 1. The van der Waals surface area contributed by atoms with Crippen LogP contribution in [0.1, 0.15) is 39.5 Å². The van der Waals surface area contributed by atoms with Crippen LogP contribution in [0.4, 0.5) is 0 Å². The third-order valence-corrected chi connectivity index (χ3v) is 1.75. The van der Waals surface area contributed by atoms with Crippen molar-refractivity contribution in [2.75, 3.05) is 0 Å². The van der Waals surface area contributed by atoms with Crippen LogP contribution >= 0.6 is 0 Å². The van der Waals surface area contributed by atoms with E-state index in [0.29, 0.717) is 0 Å². The SMILES string of the molecule is CCCCC(CC)C(=O)O.[KH].[KH]. The van der Waals surface area contributed by atoms with Gasteiger partial charge in [-0.25, -0.2) is 0 Å². The Kier molecular flexibility index (Phi) is 23.1. The molecule has 0 aromatic rings. The van der Waals surface area contributed by atoms with E-state index >= 15 is 0 Å². The molecule has 0 aromatic heterocycles. The molecule has 0 spiro atoms. The molecule has 0 radical (unpaired) electrons. The maximum atomic E-state index is 10.4. The topological polar surface area (TPSA) is 37.3 Å². The molecule has 64 valence electrons. The van der Waals surface area contributed by atoms with Crippen molar-refractivity contribution < 1.29 is 9.90 Å². The minimum absolute atomic E-state index is 0. The Morgan fingerprint density at radius 2 is 1.83 bits per heavy atom. The van der Waals surface area contributed by atoms with Crippen LogP contribution < -0.4 is 0 Å². The summed E-state index contributed by atoms with van der Waals surface area (Å²) in [5, 5.41) is 8.60. The molecule has 0 aromatic carbocycles. The van der Waals surface area contributed by atoms with Crippen LogP contribution in [0.25, 0.3) is 0 Å². The molecule has 0 saturated carbocycles. The van der Waals surface area contributed by atoms with Crippen molar-refractivity contribution in [3.05, 3.63) is 0 Å². The van der Waals surface area contributed by atoms with Gasteiger partial charge in [-0.05, 0) is 12.8 Å². The summed E-state index contributed by atoms with van der Waals surface area (Å²) < 4.78 is 0. The average molecular weight is 224 g/mol. The van der Waals surface area contributed by atoms with Gasteiger partial charge >= 0.3 is 109 Å². The molecule has 0 aliphatic heterocycles. The van der Waals surface area contributed by atoms with E-state index in [1.807, 2.05) is 6.92 Å². The third-order valence-electron chi connectivity index (χ3n) is 1.75. The first-order valence-electron chi connectivity index (χ1n) is 3.95. The van der Waals surface area contributed by atoms with E-state index in [1.165, 1.54) is 0 Å². The number of unbranched alkanes of at least 4 members (excludes halogenated alkanes) is 1. The Morgan fingerprint density at radius 1 is 1.33 bits per heavy atom. The molecule has 12 heavy (non-hydrogen) atoms. The molecule has 0 aliphatic rings. The zero-order chi connectivity index (χ0) is 7.98. The second kappa shape index (κ2) is 13.7. The van der Waals surface area contributed by atoms with E-state index in [1.54, 1.807) is 0 Å². The summed E-state index contributed by atoms with van der Waals surface area (Å²) in [5.74, 6) is -0.754. The van der Waals surface area contributed by atoms with Crippen molar-refractivity contribution in [2.45, 2.75) is 39.5 Å². The molecular formula is C8H18K2O2. The number of aliphatic carboxylic acids is 1. The van der Waals surface area contributed by atoms with Crippen LogP contribution in [0.15, 0.2) is 0 Å². The van der Waals surface area contributed by atoms with E-state index in [0.717, 1.165) is 25.7 Å². The summed E-state index contributed by atoms with van der Waals surface area (Å²) in [6.45, 7) is 4.00. The summed E-state index contributed by atoms with van der Waals surface area (Å²) in [5.41, 5.74) is 0. The number of hydrogen-bond donors (Lipinski definition) is 1. The number of rotatable bonds is 5. The van der Waals surface area contributed by atoms with Crippen molar-refractivity contribution >= 4 is 109 Å². The predicted molar refractivity (Wildman–Crippen MR) is 55.2 cm³/mol. The van der Waals surface area contributed by atoms with Crippen molar-refractivity contribution in [3.63, 3.8) is 0 Å². The molecule has 0 rings (SSSR count). The Hall–Kier alpha value is 2.74. The molecule has 0 heterocycles. The molecule has 1 atom stereocenters. The standard InChI is InChI=1S/C8H16O2.2K.2H/c1-3-5-6-7(4-2)8(9)10;;;;/h7H,3-6H2,1-2H3,(H,9,10);;;;. The van der Waals surface area contributed by atoms with E-state index < -0.39 is 5.97 Å². The maximum absolute atomic E-state index is 10.4. The van der Waals surface area contributed by atoms with E-state index in [4.69, 9.17) is 5.11 Å². The minimum atomic E-state index is -0.643. The Labute approximate surface area is 160 Å². The summed E-state index contributed by atoms with van der Waals surface area (Å²) in [7, 11) is 0. The monoisotopic (exact) mass is 224 g/mol. The van der Waals surface area contributed by atoms with Crippen molar-refractivity contribution in [3.8, 4) is 0 Å². The van der Waals surface area contributed by atoms with E-state index in [-0.39, 0.29) is 109 Å². The quantitative estimate of drug-likeness (QED) is 0.707. The zero-order valence-electron chi connectivity index (χ0n) is 6.76. The van der Waals surface area contributed by atoms with Crippen LogP contribution in [-0.2, 0) is 4.79 Å². The first-order chi connectivity index (χ1) is 4.72. The van der Waals surface area contributed by atoms with Crippen molar-refractivity contribution in [2.24, 2.45) is 5.92 Å². The molecule has 0 fully saturated rings. The van der Waals surface area contributed by atoms with Crippen molar-refractivity contribution in [1.29, 1.82) is 0 Å². The molecule has 1 N–H and O–H groups in total. The second-order valence-corrected chi connectivity index (χ2v) is 2.59. The Balaban J connectivity index is -0.000000405. The van der Waals surface area contributed by atoms with Gasteiger partial charge in [-0.1, -0.05) is 26.7 Å². The molecule has 0 aliphatic carbocycles. The molecule has 1 unspecified atom stereocenters. The van der Waals surface area contributed by atoms with Gasteiger partial charge in [0, 0.05) is 0 Å². The Bertz CT molecular complexity index is 107. The molecule has 0 bridgehead atoms. The third kappa shape index (κ3) is 10.8. The van der Waals surface area contributed by atoms with Crippen LogP contribution in [0.3, 0.4) is 0 Å².